The summed E-state index contributed by atoms with van der Waals surface area (Å²) >= 11 is 0. The van der Waals surface area contributed by atoms with Gasteiger partial charge in [-0.05, 0) is 50.3 Å². The largest absolute Gasteiger partial charge is 0.0871 e. The number of aryl methyl sites for hydroxylation is 3. The molecule has 0 saturated carbocycles. The molecule has 1 unspecified atom stereocenters. The molecule has 0 aromatic heterocycles. The molecular weight excluding hydrogens is 264 g/mol. The fourth-order valence-electron chi connectivity index (χ4n) is 2.89. The van der Waals surface area contributed by atoms with Crippen LogP contribution in [0.2, 0.25) is 0 Å². The number of rotatable bonds is 4. The van der Waals surface area contributed by atoms with Gasteiger partial charge in [0.25, 0.3) is 0 Å². The van der Waals surface area contributed by atoms with Crippen LogP contribution in [0.4, 0.5) is 0 Å². The van der Waals surface area contributed by atoms with E-state index < -0.39 is 0 Å². The van der Waals surface area contributed by atoms with Gasteiger partial charge in [-0.1, -0.05) is 84.3 Å². The molecule has 2 aromatic carbocycles. The van der Waals surface area contributed by atoms with E-state index in [4.69, 9.17) is 0 Å². The molecule has 0 radical (unpaired) electrons. The summed E-state index contributed by atoms with van der Waals surface area (Å²) in [7, 11) is 0. The quantitative estimate of drug-likeness (QED) is 0.573. The van der Waals surface area contributed by atoms with E-state index in [0.717, 1.165) is 0 Å². The molecule has 0 aliphatic rings. The number of hydrogen-bond acceptors (Lipinski definition) is 0. The number of hydrogen-bond donors (Lipinski definition) is 0. The van der Waals surface area contributed by atoms with Crippen LogP contribution >= 0.6 is 0 Å². The van der Waals surface area contributed by atoms with E-state index in [1.165, 1.54) is 33.4 Å². The number of benzene rings is 2. The fraction of sp³-hybridized carbons (Fsp3) is 0.273. The van der Waals surface area contributed by atoms with Crippen molar-refractivity contribution < 1.29 is 0 Å². The topological polar surface area (TPSA) is 0 Å². The Balaban J connectivity index is 2.41. The Hall–Kier alpha value is -2.08. The van der Waals surface area contributed by atoms with E-state index in [9.17, 15) is 0 Å². The summed E-state index contributed by atoms with van der Waals surface area (Å²) in [5, 5.41) is 0. The van der Waals surface area contributed by atoms with E-state index >= 15 is 0 Å². The molecular formula is C22H26. The lowest BCUT2D eigenvalue weighted by Crippen LogP contribution is -1.94. The van der Waals surface area contributed by atoms with Gasteiger partial charge in [0.2, 0.25) is 0 Å². The maximum Gasteiger partial charge on any atom is -0.000104 e. The van der Waals surface area contributed by atoms with Crippen molar-refractivity contribution in [1.82, 2.24) is 0 Å². The normalized spacial score (nSPS) is 13.6. The van der Waals surface area contributed by atoms with Gasteiger partial charge in [0, 0.05) is 0 Å². The van der Waals surface area contributed by atoms with Gasteiger partial charge < -0.3 is 0 Å². The van der Waals surface area contributed by atoms with Crippen LogP contribution in [0.3, 0.4) is 0 Å². The van der Waals surface area contributed by atoms with Gasteiger partial charge >= 0.3 is 0 Å². The number of allylic oxidation sites excluding steroid dienone is 4. The van der Waals surface area contributed by atoms with Crippen molar-refractivity contribution in [2.45, 2.75) is 40.5 Å². The van der Waals surface area contributed by atoms with Gasteiger partial charge in [-0.2, -0.15) is 0 Å². The lowest BCUT2D eigenvalue weighted by Gasteiger charge is -2.12. The van der Waals surface area contributed by atoms with Gasteiger partial charge in [-0.3, -0.25) is 0 Å². The van der Waals surface area contributed by atoms with Crippen molar-refractivity contribution >= 4 is 5.57 Å². The molecule has 0 aliphatic carbocycles. The van der Waals surface area contributed by atoms with Gasteiger partial charge in [-0.25, -0.2) is 0 Å². The van der Waals surface area contributed by atoms with Crippen molar-refractivity contribution in [3.8, 4) is 0 Å². The average molecular weight is 290 g/mol. The monoisotopic (exact) mass is 290 g/mol. The maximum atomic E-state index is 2.36. The average Bonchev–Trinajstić information content (AvgIpc) is 2.45. The molecule has 0 amide bonds. The molecule has 0 saturated heterocycles. The summed E-state index contributed by atoms with van der Waals surface area (Å²) in [5.41, 5.74) is 7.92. The van der Waals surface area contributed by atoms with Crippen LogP contribution in [0.1, 0.15) is 47.6 Å². The van der Waals surface area contributed by atoms with E-state index in [-0.39, 0.29) is 0 Å². The van der Waals surface area contributed by atoms with Gasteiger partial charge in [0.05, 0.1) is 0 Å². The summed E-state index contributed by atoms with van der Waals surface area (Å²) < 4.78 is 0. The summed E-state index contributed by atoms with van der Waals surface area (Å²) in [6.45, 7) is 10.8. The Morgan fingerprint density at radius 1 is 0.909 bits per heavy atom. The predicted molar refractivity (Wildman–Crippen MR) is 98.3 cm³/mol. The zero-order valence-corrected chi connectivity index (χ0v) is 14.4. The second kappa shape index (κ2) is 7.26. The summed E-state index contributed by atoms with van der Waals surface area (Å²) in [5.74, 6) is 0.394. The molecule has 0 heterocycles. The Labute approximate surface area is 135 Å². The third kappa shape index (κ3) is 4.21. The molecule has 22 heavy (non-hydrogen) atoms. The zero-order valence-electron chi connectivity index (χ0n) is 14.4. The second-order valence-electron chi connectivity index (χ2n) is 6.20. The lowest BCUT2D eigenvalue weighted by atomic mass is 9.92. The predicted octanol–water partition coefficient (Wildman–Crippen LogP) is 6.38. The van der Waals surface area contributed by atoms with E-state index in [1.807, 2.05) is 0 Å². The Kier molecular flexibility index (Phi) is 5.38. The molecule has 0 fully saturated rings. The Morgan fingerprint density at radius 2 is 1.59 bits per heavy atom. The van der Waals surface area contributed by atoms with Gasteiger partial charge in [-0.15, -0.1) is 0 Å². The minimum Gasteiger partial charge on any atom is -0.0871 e. The summed E-state index contributed by atoms with van der Waals surface area (Å²) in [6.07, 6.45) is 6.68. The fourth-order valence-corrected chi connectivity index (χ4v) is 2.89. The zero-order chi connectivity index (χ0) is 16.1. The minimum absolute atomic E-state index is 0.394. The first kappa shape index (κ1) is 16.3. The first-order valence-electron chi connectivity index (χ1n) is 7.99. The van der Waals surface area contributed by atoms with Crippen LogP contribution in [-0.2, 0) is 0 Å². The highest BCUT2D eigenvalue weighted by molar-refractivity contribution is 5.75. The molecule has 0 spiro atoms. The van der Waals surface area contributed by atoms with Gasteiger partial charge in [0.1, 0.15) is 0 Å². The second-order valence-corrected chi connectivity index (χ2v) is 6.20. The standard InChI is InChI=1S/C22H26/c1-6-8-20(21-10-7-9-16(2)12-21)15-19(5)22-13-17(3)11-18(4)14-22/h6-15,19H,1-5H3/b8-6-,20-15+. The lowest BCUT2D eigenvalue weighted by molar-refractivity contribution is 0.963. The van der Waals surface area contributed by atoms with Crippen LogP contribution < -0.4 is 0 Å². The molecule has 2 aromatic rings. The van der Waals surface area contributed by atoms with Crippen molar-refractivity contribution in [1.29, 1.82) is 0 Å². The molecule has 0 N–H and O–H groups in total. The van der Waals surface area contributed by atoms with E-state index in [1.54, 1.807) is 0 Å². The van der Waals surface area contributed by atoms with E-state index in [0.29, 0.717) is 5.92 Å². The summed E-state index contributed by atoms with van der Waals surface area (Å²) in [4.78, 5) is 0. The molecule has 114 valence electrons. The molecule has 0 aliphatic heterocycles. The third-order valence-electron chi connectivity index (χ3n) is 3.90. The van der Waals surface area contributed by atoms with Crippen molar-refractivity contribution in [2.75, 3.05) is 0 Å². The van der Waals surface area contributed by atoms with Crippen LogP contribution in [-0.4, -0.2) is 0 Å². The van der Waals surface area contributed by atoms with Crippen molar-refractivity contribution in [3.63, 3.8) is 0 Å². The van der Waals surface area contributed by atoms with Crippen LogP contribution in [0.15, 0.2) is 60.7 Å². The highest BCUT2D eigenvalue weighted by Gasteiger charge is 2.06. The maximum absolute atomic E-state index is 2.36. The highest BCUT2D eigenvalue weighted by atomic mass is 14.1. The molecule has 2 rings (SSSR count). The van der Waals surface area contributed by atoms with Crippen LogP contribution in [0.25, 0.3) is 5.57 Å². The van der Waals surface area contributed by atoms with Crippen molar-refractivity contribution in [3.05, 3.63) is 88.5 Å². The molecule has 1 atom stereocenters. The van der Waals surface area contributed by atoms with Crippen LogP contribution in [0, 0.1) is 20.8 Å². The van der Waals surface area contributed by atoms with E-state index in [2.05, 4.69) is 95.3 Å². The SMILES string of the molecule is C/C=C\C(=C/C(C)c1cc(C)cc(C)c1)c1cccc(C)c1. The first-order valence-corrected chi connectivity index (χ1v) is 7.99. The molecule has 0 heteroatoms. The Bertz CT molecular complexity index is 681. The smallest absolute Gasteiger partial charge is 0.000104 e. The molecule has 0 nitrogen and oxygen atoms in total. The minimum atomic E-state index is 0.394. The van der Waals surface area contributed by atoms with Crippen molar-refractivity contribution in [2.24, 2.45) is 0 Å². The van der Waals surface area contributed by atoms with Gasteiger partial charge in [0.15, 0.2) is 0 Å². The Morgan fingerprint density at radius 3 is 2.18 bits per heavy atom. The molecule has 0 bridgehead atoms. The first-order chi connectivity index (χ1) is 10.5. The summed E-state index contributed by atoms with van der Waals surface area (Å²) in [6, 6.07) is 15.5. The third-order valence-corrected chi connectivity index (χ3v) is 3.90. The highest BCUT2D eigenvalue weighted by Crippen LogP contribution is 2.26. The van der Waals surface area contributed by atoms with Crippen LogP contribution in [0.5, 0.6) is 0 Å².